The number of nitrogens with zero attached hydrogens (tertiary/aromatic N) is 1. The van der Waals surface area contributed by atoms with E-state index in [0.717, 1.165) is 24.8 Å². The van der Waals surface area contributed by atoms with E-state index in [1.54, 1.807) is 13.8 Å². The van der Waals surface area contributed by atoms with E-state index in [9.17, 15) is 10.0 Å². The van der Waals surface area contributed by atoms with E-state index in [0.29, 0.717) is 17.0 Å². The van der Waals surface area contributed by atoms with Crippen molar-refractivity contribution < 1.29 is 5.21 Å². The Labute approximate surface area is 164 Å². The summed E-state index contributed by atoms with van der Waals surface area (Å²) in [5.41, 5.74) is 4.33. The summed E-state index contributed by atoms with van der Waals surface area (Å²) >= 11 is 0. The number of benzene rings is 1. The smallest absolute Gasteiger partial charge is 0.188 e. The summed E-state index contributed by atoms with van der Waals surface area (Å²) in [5.74, 6) is 0. The minimum Gasteiger partial charge on any atom is -0.428 e. The van der Waals surface area contributed by atoms with Gasteiger partial charge in [0, 0.05) is 11.1 Å². The highest BCUT2D eigenvalue weighted by atomic mass is 16.5. The molecule has 1 aromatic heterocycles. The standard InChI is InChI=1S/C24H35NO2/c1-19-20(2)25(27)21(3)23(24(19)26)18-14-9-7-5-4-6-8-11-15-22-16-12-10-13-17-22/h10,12-13,16-17,27H,4-9,11,14-15,18H2,1-3H3. The molecule has 0 atom stereocenters. The van der Waals surface area contributed by atoms with Crippen LogP contribution in [0.1, 0.15) is 79.4 Å². The lowest BCUT2D eigenvalue weighted by molar-refractivity contribution is 0.169. The fraction of sp³-hybridized carbons (Fsp3) is 0.542. The van der Waals surface area contributed by atoms with Gasteiger partial charge in [-0.3, -0.25) is 4.79 Å². The molecule has 0 aliphatic carbocycles. The van der Waals surface area contributed by atoms with Crippen molar-refractivity contribution in [3.8, 4) is 0 Å². The Morgan fingerprint density at radius 2 is 1.26 bits per heavy atom. The summed E-state index contributed by atoms with van der Waals surface area (Å²) < 4.78 is 1.17. The maximum atomic E-state index is 12.4. The molecule has 2 aromatic rings. The maximum Gasteiger partial charge on any atom is 0.188 e. The Morgan fingerprint density at radius 1 is 0.741 bits per heavy atom. The summed E-state index contributed by atoms with van der Waals surface area (Å²) in [7, 11) is 0. The van der Waals surface area contributed by atoms with Crippen molar-refractivity contribution in [2.24, 2.45) is 0 Å². The summed E-state index contributed by atoms with van der Waals surface area (Å²) in [6, 6.07) is 10.7. The molecule has 2 rings (SSSR count). The number of unbranched alkanes of at least 4 members (excludes halogenated alkanes) is 7. The van der Waals surface area contributed by atoms with Gasteiger partial charge in [0.05, 0.1) is 11.4 Å². The van der Waals surface area contributed by atoms with Crippen LogP contribution in [0.2, 0.25) is 0 Å². The second-order valence-corrected chi connectivity index (χ2v) is 7.73. The first kappa shape index (κ1) is 21.3. The Kier molecular flexibility index (Phi) is 8.63. The van der Waals surface area contributed by atoms with Crippen LogP contribution in [0.3, 0.4) is 0 Å². The fourth-order valence-electron chi connectivity index (χ4n) is 3.72. The summed E-state index contributed by atoms with van der Waals surface area (Å²) in [6.45, 7) is 5.41. The van der Waals surface area contributed by atoms with Gasteiger partial charge in [-0.25, -0.2) is 0 Å². The lowest BCUT2D eigenvalue weighted by Gasteiger charge is -2.14. The predicted octanol–water partition coefficient (Wildman–Crippen LogP) is 5.92. The largest absolute Gasteiger partial charge is 0.428 e. The lowest BCUT2D eigenvalue weighted by atomic mass is 10.0. The zero-order chi connectivity index (χ0) is 19.6. The van der Waals surface area contributed by atoms with Gasteiger partial charge in [0.2, 0.25) is 0 Å². The number of pyridine rings is 1. The SMILES string of the molecule is Cc1c(C)n(O)c(C)c(CCCCCCCCCCc2ccccc2)c1=O. The van der Waals surface area contributed by atoms with Crippen LogP contribution < -0.4 is 5.43 Å². The maximum absolute atomic E-state index is 12.4. The van der Waals surface area contributed by atoms with Crippen LogP contribution in [-0.2, 0) is 12.8 Å². The predicted molar refractivity (Wildman–Crippen MR) is 113 cm³/mol. The van der Waals surface area contributed by atoms with Crippen molar-refractivity contribution in [2.45, 2.75) is 85.0 Å². The topological polar surface area (TPSA) is 42.2 Å². The van der Waals surface area contributed by atoms with Gasteiger partial charge in [-0.2, -0.15) is 4.73 Å². The second kappa shape index (κ2) is 11.0. The first-order valence-electron chi connectivity index (χ1n) is 10.5. The molecule has 1 aromatic carbocycles. The normalized spacial score (nSPS) is 11.1. The Balaban J connectivity index is 1.57. The molecule has 3 heteroatoms. The molecule has 0 radical (unpaired) electrons. The number of hydrogen-bond donors (Lipinski definition) is 1. The highest BCUT2D eigenvalue weighted by molar-refractivity contribution is 5.29. The Hall–Kier alpha value is -2.03. The van der Waals surface area contributed by atoms with E-state index in [2.05, 4.69) is 30.3 Å². The average molecular weight is 370 g/mol. The Bertz CT molecular complexity index is 762. The molecular weight excluding hydrogens is 334 g/mol. The minimum absolute atomic E-state index is 0.105. The number of hydrogen-bond acceptors (Lipinski definition) is 2. The second-order valence-electron chi connectivity index (χ2n) is 7.73. The van der Waals surface area contributed by atoms with Crippen molar-refractivity contribution in [2.75, 3.05) is 0 Å². The number of rotatable bonds is 11. The van der Waals surface area contributed by atoms with Gasteiger partial charge in [-0.1, -0.05) is 68.9 Å². The third-order valence-corrected chi connectivity index (χ3v) is 5.71. The summed E-state index contributed by atoms with van der Waals surface area (Å²) in [6.07, 6.45) is 11.9. The molecule has 0 spiro atoms. The van der Waals surface area contributed by atoms with Crippen LogP contribution >= 0.6 is 0 Å². The van der Waals surface area contributed by atoms with Crippen molar-refractivity contribution in [1.82, 2.24) is 4.73 Å². The summed E-state index contributed by atoms with van der Waals surface area (Å²) in [5, 5.41) is 10.1. The van der Waals surface area contributed by atoms with Gasteiger partial charge >= 0.3 is 0 Å². The van der Waals surface area contributed by atoms with Crippen molar-refractivity contribution in [1.29, 1.82) is 0 Å². The molecule has 0 aliphatic heterocycles. The highest BCUT2D eigenvalue weighted by Gasteiger charge is 2.13. The van der Waals surface area contributed by atoms with Crippen molar-refractivity contribution in [3.05, 3.63) is 68.6 Å². The van der Waals surface area contributed by atoms with E-state index in [1.807, 2.05) is 6.92 Å². The average Bonchev–Trinajstić information content (AvgIpc) is 2.69. The van der Waals surface area contributed by atoms with Crippen LogP contribution in [0.25, 0.3) is 0 Å². The van der Waals surface area contributed by atoms with E-state index in [-0.39, 0.29) is 5.43 Å². The zero-order valence-electron chi connectivity index (χ0n) is 17.3. The lowest BCUT2D eigenvalue weighted by Crippen LogP contribution is -2.22. The van der Waals surface area contributed by atoms with Crippen molar-refractivity contribution >= 4 is 0 Å². The molecule has 0 saturated heterocycles. The first-order chi connectivity index (χ1) is 13.0. The van der Waals surface area contributed by atoms with Crippen LogP contribution in [0.5, 0.6) is 0 Å². The molecule has 3 nitrogen and oxygen atoms in total. The minimum atomic E-state index is 0.105. The third kappa shape index (κ3) is 6.27. The first-order valence-corrected chi connectivity index (χ1v) is 10.5. The van der Waals surface area contributed by atoms with Crippen molar-refractivity contribution in [3.63, 3.8) is 0 Å². The van der Waals surface area contributed by atoms with Gasteiger partial charge in [-0.05, 0) is 52.0 Å². The van der Waals surface area contributed by atoms with Crippen LogP contribution in [0.4, 0.5) is 0 Å². The number of aromatic nitrogens is 1. The fourth-order valence-corrected chi connectivity index (χ4v) is 3.72. The molecule has 0 amide bonds. The van der Waals surface area contributed by atoms with Gasteiger partial charge in [0.1, 0.15) is 0 Å². The molecule has 0 saturated carbocycles. The molecule has 0 aliphatic rings. The molecule has 0 fully saturated rings. The molecule has 148 valence electrons. The van der Waals surface area contributed by atoms with Gasteiger partial charge < -0.3 is 5.21 Å². The van der Waals surface area contributed by atoms with E-state index < -0.39 is 0 Å². The molecular formula is C24H35NO2. The van der Waals surface area contributed by atoms with E-state index in [1.165, 1.54) is 55.2 Å². The molecule has 0 unspecified atom stereocenters. The molecule has 27 heavy (non-hydrogen) atoms. The van der Waals surface area contributed by atoms with Gasteiger partial charge in [0.25, 0.3) is 0 Å². The third-order valence-electron chi connectivity index (χ3n) is 5.71. The zero-order valence-corrected chi connectivity index (χ0v) is 17.3. The monoisotopic (exact) mass is 369 g/mol. The number of aryl methyl sites for hydroxylation is 1. The quantitative estimate of drug-likeness (QED) is 0.395. The molecule has 0 bridgehead atoms. The Morgan fingerprint density at radius 3 is 1.85 bits per heavy atom. The summed E-state index contributed by atoms with van der Waals surface area (Å²) in [4.78, 5) is 12.4. The van der Waals surface area contributed by atoms with Crippen LogP contribution in [0, 0.1) is 20.8 Å². The van der Waals surface area contributed by atoms with Crippen LogP contribution in [-0.4, -0.2) is 9.94 Å². The van der Waals surface area contributed by atoms with E-state index >= 15 is 0 Å². The van der Waals surface area contributed by atoms with E-state index in [4.69, 9.17) is 0 Å². The molecule has 1 N–H and O–H groups in total. The molecule has 1 heterocycles. The highest BCUT2D eigenvalue weighted by Crippen LogP contribution is 2.15. The van der Waals surface area contributed by atoms with Crippen LogP contribution in [0.15, 0.2) is 35.1 Å². The van der Waals surface area contributed by atoms with Gasteiger partial charge in [0.15, 0.2) is 5.43 Å². The van der Waals surface area contributed by atoms with Gasteiger partial charge in [-0.15, -0.1) is 0 Å².